The van der Waals surface area contributed by atoms with Crippen molar-refractivity contribution >= 4 is 6.09 Å². The van der Waals surface area contributed by atoms with Gasteiger partial charge < -0.3 is 19.5 Å². The smallest absolute Gasteiger partial charge is 0.410 e. The van der Waals surface area contributed by atoms with E-state index in [1.165, 1.54) is 4.90 Å². The SMILES string of the molecule is COCCN1CC(CO)OC1=O. The molecule has 0 bridgehead atoms. The summed E-state index contributed by atoms with van der Waals surface area (Å²) in [4.78, 5) is 12.5. The maximum Gasteiger partial charge on any atom is 0.410 e. The normalized spacial score (nSPS) is 23.0. The Labute approximate surface area is 70.9 Å². The number of cyclic esters (lactones) is 1. The molecule has 12 heavy (non-hydrogen) atoms. The van der Waals surface area contributed by atoms with Gasteiger partial charge >= 0.3 is 6.09 Å². The number of hydrogen-bond acceptors (Lipinski definition) is 4. The molecule has 1 rings (SSSR count). The number of carbonyl (C=O) groups is 1. The average Bonchev–Trinajstić information content (AvgIpc) is 2.43. The zero-order chi connectivity index (χ0) is 8.97. The van der Waals surface area contributed by atoms with Crippen LogP contribution in [0.3, 0.4) is 0 Å². The maximum atomic E-state index is 11.0. The van der Waals surface area contributed by atoms with E-state index in [4.69, 9.17) is 14.6 Å². The third-order valence-electron chi connectivity index (χ3n) is 1.72. The number of rotatable bonds is 4. The van der Waals surface area contributed by atoms with Crippen LogP contribution >= 0.6 is 0 Å². The van der Waals surface area contributed by atoms with Gasteiger partial charge in [-0.05, 0) is 0 Å². The van der Waals surface area contributed by atoms with E-state index in [0.717, 1.165) is 0 Å². The standard InChI is InChI=1S/C7H13NO4/c1-11-3-2-8-4-6(5-9)12-7(8)10/h6,9H,2-5H2,1H3. The minimum absolute atomic E-state index is 0.116. The molecule has 0 radical (unpaired) electrons. The second-order valence-electron chi connectivity index (χ2n) is 2.63. The van der Waals surface area contributed by atoms with Gasteiger partial charge in [-0.1, -0.05) is 0 Å². The highest BCUT2D eigenvalue weighted by atomic mass is 16.6. The third-order valence-corrected chi connectivity index (χ3v) is 1.72. The highest BCUT2D eigenvalue weighted by Crippen LogP contribution is 2.09. The lowest BCUT2D eigenvalue weighted by Crippen LogP contribution is -2.29. The van der Waals surface area contributed by atoms with Crippen molar-refractivity contribution in [1.29, 1.82) is 0 Å². The van der Waals surface area contributed by atoms with Crippen LogP contribution in [-0.2, 0) is 9.47 Å². The quantitative estimate of drug-likeness (QED) is 0.622. The molecule has 0 aromatic heterocycles. The summed E-state index contributed by atoms with van der Waals surface area (Å²) in [6.07, 6.45) is -0.736. The molecule has 5 heteroatoms. The van der Waals surface area contributed by atoms with Gasteiger partial charge in [-0.3, -0.25) is 0 Å². The van der Waals surface area contributed by atoms with Crippen LogP contribution in [0.4, 0.5) is 4.79 Å². The number of aliphatic hydroxyl groups is 1. The second kappa shape index (κ2) is 4.27. The summed E-state index contributed by atoms with van der Waals surface area (Å²) >= 11 is 0. The monoisotopic (exact) mass is 175 g/mol. The number of carbonyl (C=O) groups excluding carboxylic acids is 1. The Hall–Kier alpha value is -0.810. The molecule has 0 aromatic carbocycles. The van der Waals surface area contributed by atoms with E-state index >= 15 is 0 Å². The number of ether oxygens (including phenoxy) is 2. The summed E-state index contributed by atoms with van der Waals surface area (Å²) in [5, 5.41) is 8.69. The fourth-order valence-electron chi connectivity index (χ4n) is 1.05. The lowest BCUT2D eigenvalue weighted by Gasteiger charge is -2.10. The number of hydrogen-bond donors (Lipinski definition) is 1. The maximum absolute atomic E-state index is 11.0. The molecular weight excluding hydrogens is 162 g/mol. The first-order valence-electron chi connectivity index (χ1n) is 3.83. The van der Waals surface area contributed by atoms with Gasteiger partial charge in [0.2, 0.25) is 0 Å². The molecule has 1 N–H and O–H groups in total. The van der Waals surface area contributed by atoms with E-state index in [9.17, 15) is 4.79 Å². The van der Waals surface area contributed by atoms with Crippen molar-refractivity contribution in [3.05, 3.63) is 0 Å². The summed E-state index contributed by atoms with van der Waals surface area (Å²) in [5.74, 6) is 0. The minimum Gasteiger partial charge on any atom is -0.442 e. The summed E-state index contributed by atoms with van der Waals surface area (Å²) in [5.41, 5.74) is 0. The molecule has 70 valence electrons. The second-order valence-corrected chi connectivity index (χ2v) is 2.63. The first-order chi connectivity index (χ1) is 5.77. The highest BCUT2D eigenvalue weighted by Gasteiger charge is 2.29. The Morgan fingerprint density at radius 1 is 1.83 bits per heavy atom. The topological polar surface area (TPSA) is 59.0 Å². The first-order valence-corrected chi connectivity index (χ1v) is 3.83. The zero-order valence-corrected chi connectivity index (χ0v) is 7.02. The summed E-state index contributed by atoms with van der Waals surface area (Å²) in [6, 6.07) is 0. The molecule has 1 heterocycles. The summed E-state index contributed by atoms with van der Waals surface area (Å²) < 4.78 is 9.61. The molecule has 1 aliphatic rings. The van der Waals surface area contributed by atoms with Crippen molar-refractivity contribution in [1.82, 2.24) is 4.90 Å². The van der Waals surface area contributed by atoms with Gasteiger partial charge in [-0.25, -0.2) is 4.79 Å². The van der Waals surface area contributed by atoms with Crippen molar-refractivity contribution < 1.29 is 19.4 Å². The van der Waals surface area contributed by atoms with Gasteiger partial charge in [-0.15, -0.1) is 0 Å². The van der Waals surface area contributed by atoms with Crippen LogP contribution in [0.1, 0.15) is 0 Å². The molecule has 1 aliphatic heterocycles. The lowest BCUT2D eigenvalue weighted by atomic mass is 10.4. The van der Waals surface area contributed by atoms with Crippen LogP contribution in [0.2, 0.25) is 0 Å². The molecule has 1 amide bonds. The summed E-state index contributed by atoms with van der Waals surface area (Å²) in [7, 11) is 1.57. The fourth-order valence-corrected chi connectivity index (χ4v) is 1.05. The lowest BCUT2D eigenvalue weighted by molar-refractivity contribution is 0.0940. The van der Waals surface area contributed by atoms with Crippen LogP contribution in [0.15, 0.2) is 0 Å². The van der Waals surface area contributed by atoms with E-state index in [2.05, 4.69) is 0 Å². The van der Waals surface area contributed by atoms with Gasteiger partial charge in [-0.2, -0.15) is 0 Å². The number of methoxy groups -OCH3 is 1. The van der Waals surface area contributed by atoms with Crippen LogP contribution < -0.4 is 0 Å². The van der Waals surface area contributed by atoms with Crippen LogP contribution in [0, 0.1) is 0 Å². The van der Waals surface area contributed by atoms with Crippen LogP contribution in [0.25, 0.3) is 0 Å². The van der Waals surface area contributed by atoms with Crippen LogP contribution in [-0.4, -0.2) is 55.6 Å². The van der Waals surface area contributed by atoms with Crippen molar-refractivity contribution in [2.75, 3.05) is 33.4 Å². The van der Waals surface area contributed by atoms with Crippen molar-refractivity contribution in [3.63, 3.8) is 0 Å². The Balaban J connectivity index is 2.31. The minimum atomic E-state index is -0.369. The molecule has 1 fully saturated rings. The fraction of sp³-hybridized carbons (Fsp3) is 0.857. The number of aliphatic hydroxyl groups excluding tert-OH is 1. The zero-order valence-electron chi connectivity index (χ0n) is 7.02. The molecule has 0 spiro atoms. The van der Waals surface area contributed by atoms with Gasteiger partial charge in [0.15, 0.2) is 0 Å². The molecule has 0 saturated carbocycles. The Bertz CT molecular complexity index is 161. The molecular formula is C7H13NO4. The van der Waals surface area contributed by atoms with Gasteiger partial charge in [0.1, 0.15) is 6.10 Å². The third kappa shape index (κ3) is 2.09. The van der Waals surface area contributed by atoms with E-state index < -0.39 is 0 Å². The van der Waals surface area contributed by atoms with E-state index in [0.29, 0.717) is 19.7 Å². The predicted molar refractivity (Wildman–Crippen MR) is 40.8 cm³/mol. The number of nitrogens with zero attached hydrogens (tertiary/aromatic N) is 1. The molecule has 1 atom stereocenters. The van der Waals surface area contributed by atoms with Gasteiger partial charge in [0, 0.05) is 13.7 Å². The Kier molecular flexibility index (Phi) is 3.31. The Morgan fingerprint density at radius 3 is 3.08 bits per heavy atom. The number of amides is 1. The van der Waals surface area contributed by atoms with Crippen molar-refractivity contribution in [2.24, 2.45) is 0 Å². The largest absolute Gasteiger partial charge is 0.442 e. The van der Waals surface area contributed by atoms with E-state index in [1.54, 1.807) is 7.11 Å². The molecule has 1 saturated heterocycles. The van der Waals surface area contributed by atoms with Crippen LogP contribution in [0.5, 0.6) is 0 Å². The van der Waals surface area contributed by atoms with Gasteiger partial charge in [0.05, 0.1) is 19.8 Å². The van der Waals surface area contributed by atoms with E-state index in [-0.39, 0.29) is 18.8 Å². The average molecular weight is 175 g/mol. The summed E-state index contributed by atoms with van der Waals surface area (Å²) in [6.45, 7) is 1.35. The van der Waals surface area contributed by atoms with Crippen molar-refractivity contribution in [2.45, 2.75) is 6.10 Å². The van der Waals surface area contributed by atoms with Crippen molar-refractivity contribution in [3.8, 4) is 0 Å². The molecule has 0 aliphatic carbocycles. The first kappa shape index (κ1) is 9.28. The van der Waals surface area contributed by atoms with E-state index in [1.807, 2.05) is 0 Å². The predicted octanol–water partition coefficient (Wildman–Crippen LogP) is -0.554. The molecule has 5 nitrogen and oxygen atoms in total. The molecule has 1 unspecified atom stereocenters. The highest BCUT2D eigenvalue weighted by molar-refractivity contribution is 5.69. The molecule has 0 aromatic rings. The Morgan fingerprint density at radius 2 is 2.58 bits per heavy atom. The van der Waals surface area contributed by atoms with Gasteiger partial charge in [0.25, 0.3) is 0 Å².